The molecule has 0 fully saturated rings. The lowest BCUT2D eigenvalue weighted by Gasteiger charge is -2.17. The molecule has 0 aliphatic carbocycles. The van der Waals surface area contributed by atoms with Crippen LogP contribution in [0, 0.1) is 24.2 Å². The predicted octanol–water partition coefficient (Wildman–Crippen LogP) is 2.20. The van der Waals surface area contributed by atoms with Crippen molar-refractivity contribution in [2.45, 2.75) is 40.0 Å². The first-order chi connectivity index (χ1) is 6.65. The summed E-state index contributed by atoms with van der Waals surface area (Å²) in [7, 11) is 0. The fraction of sp³-hybridized carbons (Fsp3) is 0.750. The van der Waals surface area contributed by atoms with Gasteiger partial charge in [0.1, 0.15) is 0 Å². The molecule has 1 amide bonds. The molecule has 14 heavy (non-hydrogen) atoms. The van der Waals surface area contributed by atoms with Crippen molar-refractivity contribution in [3.8, 4) is 12.3 Å². The number of hydrogen-bond donors (Lipinski definition) is 1. The third-order valence-electron chi connectivity index (χ3n) is 2.61. The molecule has 2 unspecified atom stereocenters. The van der Waals surface area contributed by atoms with Gasteiger partial charge in [-0.15, -0.1) is 6.42 Å². The van der Waals surface area contributed by atoms with E-state index < -0.39 is 0 Å². The topological polar surface area (TPSA) is 29.1 Å². The molecule has 2 heteroatoms. The largest absolute Gasteiger partial charge is 0.345 e. The fourth-order valence-corrected chi connectivity index (χ4v) is 1.39. The second kappa shape index (κ2) is 7.44. The van der Waals surface area contributed by atoms with Gasteiger partial charge in [0.2, 0.25) is 5.91 Å². The molecular weight excluding hydrogens is 174 g/mol. The van der Waals surface area contributed by atoms with Crippen LogP contribution in [-0.2, 0) is 4.79 Å². The van der Waals surface area contributed by atoms with E-state index >= 15 is 0 Å². The number of hydrogen-bond acceptors (Lipinski definition) is 1. The SMILES string of the molecule is C#CCNC(=O)C(CC)CC(C)CC. The van der Waals surface area contributed by atoms with Gasteiger partial charge in [-0.3, -0.25) is 4.79 Å². The molecule has 1 N–H and O–H groups in total. The maximum absolute atomic E-state index is 11.6. The molecule has 2 atom stereocenters. The van der Waals surface area contributed by atoms with Crippen LogP contribution in [0.3, 0.4) is 0 Å². The second-order valence-electron chi connectivity index (χ2n) is 3.78. The van der Waals surface area contributed by atoms with Crippen molar-refractivity contribution in [3.05, 3.63) is 0 Å². The summed E-state index contributed by atoms with van der Waals surface area (Å²) in [4.78, 5) is 11.6. The second-order valence-corrected chi connectivity index (χ2v) is 3.78. The van der Waals surface area contributed by atoms with Crippen LogP contribution in [0.25, 0.3) is 0 Å². The zero-order valence-electron chi connectivity index (χ0n) is 9.47. The van der Waals surface area contributed by atoms with Crippen LogP contribution >= 0.6 is 0 Å². The Labute approximate surface area is 87.5 Å². The lowest BCUT2D eigenvalue weighted by molar-refractivity contribution is -0.125. The van der Waals surface area contributed by atoms with Gasteiger partial charge in [-0.2, -0.15) is 0 Å². The number of carbonyl (C=O) groups excluding carboxylic acids is 1. The zero-order valence-corrected chi connectivity index (χ0v) is 9.47. The Morgan fingerprint density at radius 3 is 2.50 bits per heavy atom. The average Bonchev–Trinajstić information content (AvgIpc) is 2.21. The summed E-state index contributed by atoms with van der Waals surface area (Å²) in [5.41, 5.74) is 0. The summed E-state index contributed by atoms with van der Waals surface area (Å²) in [6, 6.07) is 0. The Morgan fingerprint density at radius 1 is 1.43 bits per heavy atom. The van der Waals surface area contributed by atoms with Crippen LogP contribution in [0.4, 0.5) is 0 Å². The van der Waals surface area contributed by atoms with Crippen molar-refractivity contribution >= 4 is 5.91 Å². The highest BCUT2D eigenvalue weighted by molar-refractivity contribution is 5.78. The van der Waals surface area contributed by atoms with E-state index in [0.29, 0.717) is 12.5 Å². The van der Waals surface area contributed by atoms with Crippen molar-refractivity contribution < 1.29 is 4.79 Å². The van der Waals surface area contributed by atoms with Crippen molar-refractivity contribution in [2.24, 2.45) is 11.8 Å². The molecule has 0 aliphatic heterocycles. The fourth-order valence-electron chi connectivity index (χ4n) is 1.39. The monoisotopic (exact) mass is 195 g/mol. The molecule has 0 aliphatic rings. The first kappa shape index (κ1) is 13.0. The molecule has 0 heterocycles. The highest BCUT2D eigenvalue weighted by Crippen LogP contribution is 2.17. The van der Waals surface area contributed by atoms with Gasteiger partial charge in [-0.25, -0.2) is 0 Å². The van der Waals surface area contributed by atoms with E-state index in [0.717, 1.165) is 19.3 Å². The van der Waals surface area contributed by atoms with Crippen LogP contribution in [0.1, 0.15) is 40.0 Å². The molecule has 80 valence electrons. The molecular formula is C12H21NO. The summed E-state index contributed by atoms with van der Waals surface area (Å²) in [5, 5.41) is 2.74. The Morgan fingerprint density at radius 2 is 2.07 bits per heavy atom. The first-order valence-corrected chi connectivity index (χ1v) is 5.36. The van der Waals surface area contributed by atoms with Crippen molar-refractivity contribution in [2.75, 3.05) is 6.54 Å². The van der Waals surface area contributed by atoms with Gasteiger partial charge >= 0.3 is 0 Å². The van der Waals surface area contributed by atoms with E-state index in [1.165, 1.54) is 0 Å². The minimum Gasteiger partial charge on any atom is -0.345 e. The summed E-state index contributed by atoms with van der Waals surface area (Å²) < 4.78 is 0. The highest BCUT2D eigenvalue weighted by atomic mass is 16.1. The van der Waals surface area contributed by atoms with Gasteiger partial charge in [-0.1, -0.05) is 33.1 Å². The molecule has 0 saturated carbocycles. The standard InChI is InChI=1S/C12H21NO/c1-5-8-13-12(14)11(7-3)9-10(4)6-2/h1,10-11H,6-9H2,2-4H3,(H,13,14). The molecule has 0 rings (SSSR count). The lowest BCUT2D eigenvalue weighted by atomic mass is 9.91. The van der Waals surface area contributed by atoms with E-state index in [1.807, 2.05) is 6.92 Å². The highest BCUT2D eigenvalue weighted by Gasteiger charge is 2.17. The average molecular weight is 195 g/mol. The summed E-state index contributed by atoms with van der Waals surface area (Å²) in [6.45, 7) is 6.71. The Hall–Kier alpha value is -0.970. The van der Waals surface area contributed by atoms with Crippen LogP contribution in [-0.4, -0.2) is 12.5 Å². The minimum atomic E-state index is 0.103. The third kappa shape index (κ3) is 4.91. The van der Waals surface area contributed by atoms with Gasteiger partial charge in [-0.05, 0) is 18.8 Å². The summed E-state index contributed by atoms with van der Waals surface area (Å²) >= 11 is 0. The molecule has 2 nitrogen and oxygen atoms in total. The smallest absolute Gasteiger partial charge is 0.223 e. The number of nitrogens with one attached hydrogen (secondary N) is 1. The van der Waals surface area contributed by atoms with Gasteiger partial charge in [0.25, 0.3) is 0 Å². The van der Waals surface area contributed by atoms with Crippen molar-refractivity contribution in [1.29, 1.82) is 0 Å². The van der Waals surface area contributed by atoms with Gasteiger partial charge in [0.05, 0.1) is 6.54 Å². The first-order valence-electron chi connectivity index (χ1n) is 5.36. The van der Waals surface area contributed by atoms with Gasteiger partial charge < -0.3 is 5.32 Å². The minimum absolute atomic E-state index is 0.103. The number of rotatable bonds is 6. The summed E-state index contributed by atoms with van der Waals surface area (Å²) in [6.07, 6.45) is 8.06. The number of amides is 1. The molecule has 0 bridgehead atoms. The van der Waals surface area contributed by atoms with Crippen LogP contribution < -0.4 is 5.32 Å². The van der Waals surface area contributed by atoms with Crippen LogP contribution in [0.2, 0.25) is 0 Å². The lowest BCUT2D eigenvalue weighted by Crippen LogP contribution is -2.31. The molecule has 0 aromatic heterocycles. The molecule has 0 aromatic rings. The molecule has 0 radical (unpaired) electrons. The van der Waals surface area contributed by atoms with Gasteiger partial charge in [0.15, 0.2) is 0 Å². The number of terminal acetylenes is 1. The van der Waals surface area contributed by atoms with Crippen LogP contribution in [0.5, 0.6) is 0 Å². The summed E-state index contributed by atoms with van der Waals surface area (Å²) in [5.74, 6) is 3.25. The normalized spacial score (nSPS) is 14.1. The van der Waals surface area contributed by atoms with Crippen molar-refractivity contribution in [1.82, 2.24) is 5.32 Å². The molecule has 0 aromatic carbocycles. The van der Waals surface area contributed by atoms with E-state index in [9.17, 15) is 4.79 Å². The quantitative estimate of drug-likeness (QED) is 0.647. The Balaban J connectivity index is 4.00. The van der Waals surface area contributed by atoms with Gasteiger partial charge in [0, 0.05) is 5.92 Å². The Bertz CT molecular complexity index is 205. The van der Waals surface area contributed by atoms with E-state index in [4.69, 9.17) is 6.42 Å². The Kier molecular flexibility index (Phi) is 6.92. The predicted molar refractivity (Wildman–Crippen MR) is 59.7 cm³/mol. The maximum atomic E-state index is 11.6. The van der Waals surface area contributed by atoms with Crippen LogP contribution in [0.15, 0.2) is 0 Å². The molecule has 0 saturated heterocycles. The van der Waals surface area contributed by atoms with E-state index in [1.54, 1.807) is 0 Å². The number of carbonyl (C=O) groups is 1. The zero-order chi connectivity index (χ0) is 11.0. The van der Waals surface area contributed by atoms with Crippen molar-refractivity contribution in [3.63, 3.8) is 0 Å². The van der Waals surface area contributed by atoms with E-state index in [2.05, 4.69) is 25.1 Å². The maximum Gasteiger partial charge on any atom is 0.223 e. The van der Waals surface area contributed by atoms with E-state index in [-0.39, 0.29) is 11.8 Å². The molecule has 0 spiro atoms. The third-order valence-corrected chi connectivity index (χ3v) is 2.61.